The van der Waals surface area contributed by atoms with Crippen LogP contribution in [0.15, 0.2) is 48.5 Å². The molecule has 2 saturated heterocycles. The highest BCUT2D eigenvalue weighted by Gasteiger charge is 2.44. The van der Waals surface area contributed by atoms with Crippen LogP contribution in [0.5, 0.6) is 0 Å². The first kappa shape index (κ1) is 17.6. The number of hydrogen-bond donors (Lipinski definition) is 0. The summed E-state index contributed by atoms with van der Waals surface area (Å²) in [6.07, 6.45) is 0.0346. The molecule has 2 heterocycles. The molecule has 2 fully saturated rings. The lowest BCUT2D eigenvalue weighted by Gasteiger charge is -2.38. The molecule has 0 spiro atoms. The number of carbonyl (C=O) groups is 2. The van der Waals surface area contributed by atoms with Gasteiger partial charge in [0.15, 0.2) is 0 Å². The van der Waals surface area contributed by atoms with Crippen LogP contribution in [0, 0.1) is 11.6 Å². The number of halogens is 2. The summed E-state index contributed by atoms with van der Waals surface area (Å²) >= 11 is 0. The minimum absolute atomic E-state index is 0.00000685. The van der Waals surface area contributed by atoms with Crippen molar-refractivity contribution >= 4 is 23.2 Å². The van der Waals surface area contributed by atoms with E-state index in [9.17, 15) is 18.4 Å². The molecule has 5 nitrogen and oxygen atoms in total. The number of carbonyl (C=O) groups excluding carboxylic acids is 2. The van der Waals surface area contributed by atoms with Gasteiger partial charge in [0.1, 0.15) is 11.6 Å². The average molecular weight is 371 g/mol. The van der Waals surface area contributed by atoms with Gasteiger partial charge in [-0.15, -0.1) is 0 Å². The summed E-state index contributed by atoms with van der Waals surface area (Å²) in [5, 5.41) is 0. The number of piperazine rings is 1. The highest BCUT2D eigenvalue weighted by atomic mass is 19.1. The van der Waals surface area contributed by atoms with Gasteiger partial charge in [-0.25, -0.2) is 13.7 Å². The number of para-hydroxylation sites is 2. The minimum Gasteiger partial charge on any atom is -0.367 e. The minimum atomic E-state index is -0.597. The number of anilines is 2. The summed E-state index contributed by atoms with van der Waals surface area (Å²) in [7, 11) is 0. The van der Waals surface area contributed by atoms with E-state index in [1.54, 1.807) is 24.3 Å². The second-order valence-corrected chi connectivity index (χ2v) is 6.71. The first-order valence-electron chi connectivity index (χ1n) is 8.91. The molecule has 0 aromatic heterocycles. The van der Waals surface area contributed by atoms with Gasteiger partial charge in [0, 0.05) is 26.2 Å². The molecule has 0 N–H and O–H groups in total. The topological polar surface area (TPSA) is 43.9 Å². The normalized spacial score (nSPS) is 21.2. The Bertz CT molecular complexity index is 881. The maximum Gasteiger partial charge on any atom is 0.251 e. The highest BCUT2D eigenvalue weighted by Crippen LogP contribution is 2.29. The van der Waals surface area contributed by atoms with E-state index in [-0.39, 0.29) is 17.9 Å². The lowest BCUT2D eigenvalue weighted by atomic mass is 10.1. The monoisotopic (exact) mass is 371 g/mol. The number of benzene rings is 2. The second kappa shape index (κ2) is 7.08. The molecule has 7 heteroatoms. The largest absolute Gasteiger partial charge is 0.367 e. The Morgan fingerprint density at radius 1 is 0.778 bits per heavy atom. The fourth-order valence-electron chi connectivity index (χ4n) is 3.77. The van der Waals surface area contributed by atoms with Crippen molar-refractivity contribution in [2.45, 2.75) is 12.5 Å². The summed E-state index contributed by atoms with van der Waals surface area (Å²) in [4.78, 5) is 30.0. The quantitative estimate of drug-likeness (QED) is 0.778. The molecule has 2 aromatic carbocycles. The summed E-state index contributed by atoms with van der Waals surface area (Å²) in [5.41, 5.74) is 0.541. The molecule has 2 aliphatic heterocycles. The summed E-state index contributed by atoms with van der Waals surface area (Å²) < 4.78 is 28.0. The van der Waals surface area contributed by atoms with Crippen molar-refractivity contribution in [2.24, 2.45) is 0 Å². The van der Waals surface area contributed by atoms with Crippen LogP contribution in [0.3, 0.4) is 0 Å². The molecule has 0 radical (unpaired) electrons. The van der Waals surface area contributed by atoms with Gasteiger partial charge >= 0.3 is 0 Å². The summed E-state index contributed by atoms with van der Waals surface area (Å²) in [6, 6.07) is 11.8. The van der Waals surface area contributed by atoms with Gasteiger partial charge in [-0.3, -0.25) is 14.5 Å². The third-order valence-electron chi connectivity index (χ3n) is 5.16. The van der Waals surface area contributed by atoms with Gasteiger partial charge < -0.3 is 4.90 Å². The molecule has 0 saturated carbocycles. The van der Waals surface area contributed by atoms with E-state index in [0.717, 1.165) is 4.90 Å². The third kappa shape index (κ3) is 3.19. The van der Waals surface area contributed by atoms with Crippen LogP contribution in [-0.2, 0) is 9.59 Å². The van der Waals surface area contributed by atoms with Crippen molar-refractivity contribution in [3.05, 3.63) is 60.2 Å². The molecular weight excluding hydrogens is 352 g/mol. The van der Waals surface area contributed by atoms with Crippen molar-refractivity contribution in [3.63, 3.8) is 0 Å². The molecule has 2 amide bonds. The molecule has 1 atom stereocenters. The molecule has 27 heavy (non-hydrogen) atoms. The highest BCUT2D eigenvalue weighted by molar-refractivity contribution is 6.22. The van der Waals surface area contributed by atoms with Crippen LogP contribution in [0.25, 0.3) is 0 Å². The van der Waals surface area contributed by atoms with Gasteiger partial charge in [0.05, 0.1) is 23.8 Å². The molecule has 0 aliphatic carbocycles. The molecule has 2 aromatic rings. The predicted molar refractivity (Wildman–Crippen MR) is 97.5 cm³/mol. The first-order chi connectivity index (χ1) is 13.1. The molecular formula is C20H19F2N3O2. The zero-order chi connectivity index (χ0) is 19.0. The van der Waals surface area contributed by atoms with Crippen molar-refractivity contribution in [1.82, 2.24) is 4.90 Å². The van der Waals surface area contributed by atoms with Crippen LogP contribution in [-0.4, -0.2) is 48.9 Å². The number of amides is 2. The molecule has 4 rings (SSSR count). The predicted octanol–water partition coefficient (Wildman–Crippen LogP) is 2.42. The Hall–Kier alpha value is -2.80. The van der Waals surface area contributed by atoms with Gasteiger partial charge in [-0.2, -0.15) is 0 Å². The zero-order valence-corrected chi connectivity index (χ0v) is 14.6. The lowest BCUT2D eigenvalue weighted by Crippen LogP contribution is -2.52. The van der Waals surface area contributed by atoms with Crippen LogP contribution < -0.4 is 9.80 Å². The summed E-state index contributed by atoms with van der Waals surface area (Å²) in [5.74, 6) is -1.66. The van der Waals surface area contributed by atoms with E-state index in [1.807, 2.05) is 9.80 Å². The maximum absolute atomic E-state index is 14.0. The van der Waals surface area contributed by atoms with E-state index < -0.39 is 23.7 Å². The Kier molecular flexibility index (Phi) is 4.61. The second-order valence-electron chi connectivity index (χ2n) is 6.71. The number of rotatable bonds is 3. The van der Waals surface area contributed by atoms with Gasteiger partial charge in [-0.1, -0.05) is 24.3 Å². The van der Waals surface area contributed by atoms with E-state index in [0.29, 0.717) is 31.9 Å². The van der Waals surface area contributed by atoms with Crippen molar-refractivity contribution in [1.29, 1.82) is 0 Å². The Morgan fingerprint density at radius 2 is 1.33 bits per heavy atom. The van der Waals surface area contributed by atoms with Crippen LogP contribution >= 0.6 is 0 Å². The van der Waals surface area contributed by atoms with Gasteiger partial charge in [-0.05, 0) is 24.3 Å². The standard InChI is InChI=1S/C20H19F2N3O2/c21-14-5-1-3-7-16(14)23-9-11-24(12-10-23)18-13-19(26)25(20(18)27)17-8-4-2-6-15(17)22/h1-8,18H,9-13H2/t18-/m1/s1. The zero-order valence-electron chi connectivity index (χ0n) is 14.6. The Balaban J connectivity index is 1.46. The van der Waals surface area contributed by atoms with Gasteiger partial charge in [0.2, 0.25) is 5.91 Å². The smallest absolute Gasteiger partial charge is 0.251 e. The maximum atomic E-state index is 14.0. The van der Waals surface area contributed by atoms with Crippen molar-refractivity contribution in [3.8, 4) is 0 Å². The van der Waals surface area contributed by atoms with Crippen molar-refractivity contribution in [2.75, 3.05) is 36.0 Å². The molecule has 2 aliphatic rings. The Morgan fingerprint density at radius 3 is 1.93 bits per heavy atom. The first-order valence-corrected chi connectivity index (χ1v) is 8.91. The Labute approximate surface area is 155 Å². The molecule has 0 bridgehead atoms. The fourth-order valence-corrected chi connectivity index (χ4v) is 3.77. The number of imide groups is 1. The van der Waals surface area contributed by atoms with E-state index in [4.69, 9.17) is 0 Å². The van der Waals surface area contributed by atoms with Crippen LogP contribution in [0.2, 0.25) is 0 Å². The summed E-state index contributed by atoms with van der Waals surface area (Å²) in [6.45, 7) is 2.17. The van der Waals surface area contributed by atoms with Gasteiger partial charge in [0.25, 0.3) is 5.91 Å². The molecule has 0 unspecified atom stereocenters. The SMILES string of the molecule is O=C1C[C@@H](N2CCN(c3ccccc3F)CC2)C(=O)N1c1ccccc1F. The van der Waals surface area contributed by atoms with E-state index in [1.165, 1.54) is 24.3 Å². The van der Waals surface area contributed by atoms with Crippen LogP contribution in [0.4, 0.5) is 20.2 Å². The van der Waals surface area contributed by atoms with E-state index >= 15 is 0 Å². The van der Waals surface area contributed by atoms with Crippen molar-refractivity contribution < 1.29 is 18.4 Å². The fraction of sp³-hybridized carbons (Fsp3) is 0.300. The lowest BCUT2D eigenvalue weighted by molar-refractivity contribution is -0.123. The number of nitrogens with zero attached hydrogens (tertiary/aromatic N) is 3. The molecule has 140 valence electrons. The van der Waals surface area contributed by atoms with E-state index in [2.05, 4.69) is 0 Å². The number of hydrogen-bond acceptors (Lipinski definition) is 4. The average Bonchev–Trinajstić information content (AvgIpc) is 2.97. The van der Waals surface area contributed by atoms with Crippen LogP contribution in [0.1, 0.15) is 6.42 Å². The third-order valence-corrected chi connectivity index (χ3v) is 5.16.